The summed E-state index contributed by atoms with van der Waals surface area (Å²) in [5.41, 5.74) is 5.93. The van der Waals surface area contributed by atoms with Crippen LogP contribution in [0.5, 0.6) is 0 Å². The average molecular weight is 270 g/mol. The molecule has 2 atom stereocenters. The van der Waals surface area contributed by atoms with E-state index in [0.29, 0.717) is 16.5 Å². The summed E-state index contributed by atoms with van der Waals surface area (Å²) >= 11 is 5.83. The molecule has 0 fully saturated rings. The number of hydrogen-bond acceptors (Lipinski definition) is 3. The maximum absolute atomic E-state index is 11.9. The second kappa shape index (κ2) is 6.59. The molecule has 100 valence electrons. The Kier molecular flexibility index (Phi) is 5.41. The van der Waals surface area contributed by atoms with Gasteiger partial charge in [-0.05, 0) is 25.3 Å². The molecule has 0 saturated heterocycles. The molecule has 1 amide bonds. The van der Waals surface area contributed by atoms with Crippen molar-refractivity contribution in [1.29, 1.82) is 0 Å². The Morgan fingerprint density at radius 3 is 2.78 bits per heavy atom. The molecule has 18 heavy (non-hydrogen) atoms. The summed E-state index contributed by atoms with van der Waals surface area (Å²) < 4.78 is 0. The maximum Gasteiger partial charge on any atom is 0.253 e. The minimum Gasteiger partial charge on any atom is -0.382 e. The first-order chi connectivity index (χ1) is 8.43. The number of rotatable bonds is 5. The van der Waals surface area contributed by atoms with Crippen molar-refractivity contribution < 1.29 is 4.79 Å². The Hall–Kier alpha value is -1.29. The normalized spacial score (nSPS) is 14.0. The lowest BCUT2D eigenvalue weighted by atomic mass is 10.0. The predicted molar refractivity (Wildman–Crippen MR) is 74.7 cm³/mol. The summed E-state index contributed by atoms with van der Waals surface area (Å²) in [6.07, 6.45) is 3.50. The standard InChI is InChI=1S/C13H20ClN3O/c1-4-8(2)5-9(3)17-13(18)10-6-11(14)12(15)16-7-10/h6-9H,4-5H2,1-3H3,(H2,15,16)(H,17,18). The van der Waals surface area contributed by atoms with Crippen LogP contribution in [0.25, 0.3) is 0 Å². The third-order valence-corrected chi connectivity index (χ3v) is 3.26. The van der Waals surface area contributed by atoms with E-state index in [1.807, 2.05) is 6.92 Å². The van der Waals surface area contributed by atoms with Gasteiger partial charge < -0.3 is 11.1 Å². The molecule has 4 nitrogen and oxygen atoms in total. The minimum absolute atomic E-state index is 0.128. The number of aromatic nitrogens is 1. The van der Waals surface area contributed by atoms with Crippen molar-refractivity contribution in [1.82, 2.24) is 10.3 Å². The van der Waals surface area contributed by atoms with Crippen molar-refractivity contribution in [3.63, 3.8) is 0 Å². The Morgan fingerprint density at radius 1 is 1.56 bits per heavy atom. The van der Waals surface area contributed by atoms with Crippen molar-refractivity contribution in [3.05, 3.63) is 22.8 Å². The zero-order chi connectivity index (χ0) is 13.7. The first-order valence-electron chi connectivity index (χ1n) is 6.15. The van der Waals surface area contributed by atoms with E-state index in [9.17, 15) is 4.79 Å². The van der Waals surface area contributed by atoms with Crippen LogP contribution in [0.4, 0.5) is 5.82 Å². The van der Waals surface area contributed by atoms with Gasteiger partial charge in [-0.1, -0.05) is 31.9 Å². The summed E-state index contributed by atoms with van der Waals surface area (Å²) in [7, 11) is 0. The van der Waals surface area contributed by atoms with Crippen LogP contribution < -0.4 is 11.1 Å². The van der Waals surface area contributed by atoms with Crippen molar-refractivity contribution >= 4 is 23.3 Å². The SMILES string of the molecule is CCC(C)CC(C)NC(=O)c1cnc(N)c(Cl)c1. The molecule has 0 aromatic carbocycles. The molecular weight excluding hydrogens is 250 g/mol. The van der Waals surface area contributed by atoms with Crippen LogP contribution in [0, 0.1) is 5.92 Å². The number of carbonyl (C=O) groups excluding carboxylic acids is 1. The first-order valence-corrected chi connectivity index (χ1v) is 6.53. The molecule has 0 aliphatic heterocycles. The quantitative estimate of drug-likeness (QED) is 0.864. The number of carbonyl (C=O) groups is 1. The van der Waals surface area contributed by atoms with Crippen molar-refractivity contribution in [3.8, 4) is 0 Å². The summed E-state index contributed by atoms with van der Waals surface area (Å²) in [4.78, 5) is 15.8. The van der Waals surface area contributed by atoms with E-state index in [4.69, 9.17) is 17.3 Å². The lowest BCUT2D eigenvalue weighted by Gasteiger charge is -2.17. The van der Waals surface area contributed by atoms with Gasteiger partial charge in [0.25, 0.3) is 5.91 Å². The molecule has 3 N–H and O–H groups in total. The Labute approximate surface area is 113 Å². The molecule has 1 aromatic heterocycles. The molecule has 1 aromatic rings. The molecule has 5 heteroatoms. The van der Waals surface area contributed by atoms with Crippen LogP contribution in [-0.4, -0.2) is 16.9 Å². The highest BCUT2D eigenvalue weighted by Gasteiger charge is 2.13. The van der Waals surface area contributed by atoms with E-state index < -0.39 is 0 Å². The highest BCUT2D eigenvalue weighted by molar-refractivity contribution is 6.33. The van der Waals surface area contributed by atoms with Gasteiger partial charge in [-0.2, -0.15) is 0 Å². The third-order valence-electron chi connectivity index (χ3n) is 2.96. The number of nitrogens with two attached hydrogens (primary N) is 1. The Morgan fingerprint density at radius 2 is 2.22 bits per heavy atom. The van der Waals surface area contributed by atoms with E-state index >= 15 is 0 Å². The third kappa shape index (κ3) is 4.18. The number of nitrogens with zero attached hydrogens (tertiary/aromatic N) is 1. The zero-order valence-corrected chi connectivity index (χ0v) is 11.8. The molecule has 0 spiro atoms. The summed E-state index contributed by atoms with van der Waals surface area (Å²) in [5, 5.41) is 3.23. The minimum atomic E-state index is -0.166. The zero-order valence-electron chi connectivity index (χ0n) is 11.0. The molecule has 0 aliphatic rings. The van der Waals surface area contributed by atoms with Crippen LogP contribution in [-0.2, 0) is 0 Å². The summed E-state index contributed by atoms with van der Waals surface area (Å²) in [6, 6.07) is 1.67. The molecule has 1 heterocycles. The highest BCUT2D eigenvalue weighted by atomic mass is 35.5. The van der Waals surface area contributed by atoms with Gasteiger partial charge in [0, 0.05) is 12.2 Å². The van der Waals surface area contributed by atoms with Crippen LogP contribution in [0.3, 0.4) is 0 Å². The highest BCUT2D eigenvalue weighted by Crippen LogP contribution is 2.17. The van der Waals surface area contributed by atoms with Gasteiger partial charge in [-0.25, -0.2) is 4.98 Å². The number of amides is 1. The number of pyridine rings is 1. The molecule has 0 bridgehead atoms. The van der Waals surface area contributed by atoms with Crippen molar-refractivity contribution in [2.75, 3.05) is 5.73 Å². The monoisotopic (exact) mass is 269 g/mol. The fraction of sp³-hybridized carbons (Fsp3) is 0.538. The molecule has 0 radical (unpaired) electrons. The van der Waals surface area contributed by atoms with E-state index in [0.717, 1.165) is 12.8 Å². The van der Waals surface area contributed by atoms with Gasteiger partial charge in [-0.3, -0.25) is 4.79 Å². The van der Waals surface area contributed by atoms with Crippen molar-refractivity contribution in [2.45, 2.75) is 39.7 Å². The van der Waals surface area contributed by atoms with Gasteiger partial charge >= 0.3 is 0 Å². The van der Waals surface area contributed by atoms with Crippen LogP contribution in [0.2, 0.25) is 5.02 Å². The lowest BCUT2D eigenvalue weighted by Crippen LogP contribution is -2.33. The molecular formula is C13H20ClN3O. The number of nitrogens with one attached hydrogen (secondary N) is 1. The van der Waals surface area contributed by atoms with E-state index in [1.165, 1.54) is 12.3 Å². The number of halogens is 1. The number of nitrogen functional groups attached to an aromatic ring is 1. The van der Waals surface area contributed by atoms with Gasteiger partial charge in [-0.15, -0.1) is 0 Å². The van der Waals surface area contributed by atoms with Crippen LogP contribution in [0.15, 0.2) is 12.3 Å². The lowest BCUT2D eigenvalue weighted by molar-refractivity contribution is 0.0935. The van der Waals surface area contributed by atoms with E-state index in [2.05, 4.69) is 24.1 Å². The van der Waals surface area contributed by atoms with Gasteiger partial charge in [0.15, 0.2) is 0 Å². The van der Waals surface area contributed by atoms with E-state index in [-0.39, 0.29) is 17.8 Å². The van der Waals surface area contributed by atoms with E-state index in [1.54, 1.807) is 0 Å². The predicted octanol–water partition coefficient (Wildman–Crippen LogP) is 2.87. The fourth-order valence-electron chi connectivity index (χ4n) is 1.71. The molecule has 1 rings (SSSR count). The first kappa shape index (κ1) is 14.8. The molecule has 0 saturated carbocycles. The molecule has 0 aliphatic carbocycles. The van der Waals surface area contributed by atoms with Crippen LogP contribution in [0.1, 0.15) is 44.0 Å². The summed E-state index contributed by atoms with van der Waals surface area (Å²) in [5.74, 6) is 0.662. The molecule has 2 unspecified atom stereocenters. The second-order valence-corrected chi connectivity index (χ2v) is 5.12. The van der Waals surface area contributed by atoms with Gasteiger partial charge in [0.05, 0.1) is 10.6 Å². The number of anilines is 1. The smallest absolute Gasteiger partial charge is 0.253 e. The van der Waals surface area contributed by atoms with Crippen molar-refractivity contribution in [2.24, 2.45) is 5.92 Å². The second-order valence-electron chi connectivity index (χ2n) is 4.71. The van der Waals surface area contributed by atoms with Gasteiger partial charge in [0.1, 0.15) is 5.82 Å². The Balaban J connectivity index is 2.62. The summed E-state index contributed by atoms with van der Waals surface area (Å²) in [6.45, 7) is 6.31. The largest absolute Gasteiger partial charge is 0.382 e. The maximum atomic E-state index is 11.9. The Bertz CT molecular complexity index is 423. The van der Waals surface area contributed by atoms with Crippen LogP contribution >= 0.6 is 11.6 Å². The average Bonchev–Trinajstić information content (AvgIpc) is 2.32. The topological polar surface area (TPSA) is 68.0 Å². The fourth-order valence-corrected chi connectivity index (χ4v) is 1.88. The number of hydrogen-bond donors (Lipinski definition) is 2. The van der Waals surface area contributed by atoms with Gasteiger partial charge in [0.2, 0.25) is 0 Å².